The molecule has 0 radical (unpaired) electrons. The molecular formula is C21H30O2. The van der Waals surface area contributed by atoms with Gasteiger partial charge in [-0.15, -0.1) is 0 Å². The number of hydrogen-bond acceptors (Lipinski definition) is 2. The van der Waals surface area contributed by atoms with Crippen LogP contribution in [0.5, 0.6) is 0 Å². The summed E-state index contributed by atoms with van der Waals surface area (Å²) in [6, 6.07) is 8.20. The molecule has 0 aromatic heterocycles. The van der Waals surface area contributed by atoms with Crippen LogP contribution in [0, 0.1) is 0 Å². The fraction of sp³-hybridized carbons (Fsp3) is 0.381. The van der Waals surface area contributed by atoms with E-state index in [-0.39, 0.29) is 11.9 Å². The predicted molar refractivity (Wildman–Crippen MR) is 100 cm³/mol. The standard InChI is InChI=1S/C17H18O2.2C2H6/c1-4-8-14-13(5-2)15-9-6-7-10-16(15)17(14)11-19-12(3)18;2*1-2/h4-10,17H,2,11H2,1,3H3;2*1-2H3/b8-4-;;. The van der Waals surface area contributed by atoms with Crippen LogP contribution in [0.25, 0.3) is 5.57 Å². The summed E-state index contributed by atoms with van der Waals surface area (Å²) in [5, 5.41) is 0. The molecule has 0 fully saturated rings. The van der Waals surface area contributed by atoms with Crippen LogP contribution in [0.2, 0.25) is 0 Å². The highest BCUT2D eigenvalue weighted by Crippen LogP contribution is 2.43. The number of esters is 1. The van der Waals surface area contributed by atoms with Crippen molar-refractivity contribution in [3.63, 3.8) is 0 Å². The Bertz CT molecular complexity index is 565. The Morgan fingerprint density at radius 1 is 1.22 bits per heavy atom. The lowest BCUT2D eigenvalue weighted by Gasteiger charge is -2.14. The number of rotatable bonds is 4. The van der Waals surface area contributed by atoms with Crippen LogP contribution in [-0.4, -0.2) is 12.6 Å². The zero-order chi connectivity index (χ0) is 17.8. The normalized spacial score (nSPS) is 15.1. The van der Waals surface area contributed by atoms with Gasteiger partial charge in [-0.1, -0.05) is 76.8 Å². The van der Waals surface area contributed by atoms with Gasteiger partial charge in [0.1, 0.15) is 6.61 Å². The molecule has 0 saturated carbocycles. The third kappa shape index (κ3) is 5.24. The van der Waals surface area contributed by atoms with Gasteiger partial charge in [0.15, 0.2) is 0 Å². The molecule has 0 heterocycles. The third-order valence-electron chi connectivity index (χ3n) is 3.32. The number of allylic oxidation sites excluding steroid dienone is 4. The van der Waals surface area contributed by atoms with E-state index >= 15 is 0 Å². The summed E-state index contributed by atoms with van der Waals surface area (Å²) in [5.41, 5.74) is 4.68. The monoisotopic (exact) mass is 314 g/mol. The van der Waals surface area contributed by atoms with Crippen molar-refractivity contribution in [3.8, 4) is 0 Å². The van der Waals surface area contributed by atoms with Crippen molar-refractivity contribution >= 4 is 11.5 Å². The maximum Gasteiger partial charge on any atom is 0.302 e. The minimum absolute atomic E-state index is 0.101. The van der Waals surface area contributed by atoms with E-state index in [0.29, 0.717) is 6.61 Å². The van der Waals surface area contributed by atoms with Crippen LogP contribution in [0.3, 0.4) is 0 Å². The van der Waals surface area contributed by atoms with Gasteiger partial charge < -0.3 is 4.74 Å². The van der Waals surface area contributed by atoms with Gasteiger partial charge in [-0.3, -0.25) is 4.79 Å². The molecule has 1 aliphatic carbocycles. The average molecular weight is 314 g/mol. The van der Waals surface area contributed by atoms with Gasteiger partial charge in [0.2, 0.25) is 0 Å². The SMILES string of the molecule is C=CC1=C(/C=C\C)C(COC(C)=O)c2ccccc21.CC.CC. The first-order valence-corrected chi connectivity index (χ1v) is 8.41. The predicted octanol–water partition coefficient (Wildman–Crippen LogP) is 5.92. The van der Waals surface area contributed by atoms with E-state index in [0.717, 1.165) is 5.57 Å². The summed E-state index contributed by atoms with van der Waals surface area (Å²) in [7, 11) is 0. The molecule has 126 valence electrons. The molecular weight excluding hydrogens is 284 g/mol. The molecule has 1 aliphatic rings. The van der Waals surface area contributed by atoms with Crippen LogP contribution in [0.1, 0.15) is 58.6 Å². The largest absolute Gasteiger partial charge is 0.465 e. The van der Waals surface area contributed by atoms with E-state index in [1.807, 2.05) is 58.9 Å². The molecule has 2 heteroatoms. The quantitative estimate of drug-likeness (QED) is 0.645. The van der Waals surface area contributed by atoms with E-state index in [1.54, 1.807) is 0 Å². The van der Waals surface area contributed by atoms with Crippen LogP contribution in [-0.2, 0) is 9.53 Å². The van der Waals surface area contributed by atoms with Gasteiger partial charge in [-0.05, 0) is 29.2 Å². The second kappa shape index (κ2) is 11.5. The summed E-state index contributed by atoms with van der Waals surface area (Å²) >= 11 is 0. The molecule has 0 bridgehead atoms. The molecule has 2 nitrogen and oxygen atoms in total. The summed E-state index contributed by atoms with van der Waals surface area (Å²) in [5.74, 6) is -0.145. The van der Waals surface area contributed by atoms with Crippen LogP contribution in [0.15, 0.2) is 54.6 Å². The highest BCUT2D eigenvalue weighted by atomic mass is 16.5. The first-order valence-electron chi connectivity index (χ1n) is 8.41. The molecule has 1 unspecified atom stereocenters. The molecule has 2 rings (SSSR count). The highest BCUT2D eigenvalue weighted by molar-refractivity contribution is 5.86. The maximum atomic E-state index is 11.1. The van der Waals surface area contributed by atoms with E-state index in [2.05, 4.69) is 24.8 Å². The van der Waals surface area contributed by atoms with Crippen LogP contribution >= 0.6 is 0 Å². The number of hydrogen-bond donors (Lipinski definition) is 0. The number of benzene rings is 1. The summed E-state index contributed by atoms with van der Waals surface area (Å²) in [6.07, 6.45) is 5.96. The zero-order valence-electron chi connectivity index (χ0n) is 15.3. The van der Waals surface area contributed by atoms with Gasteiger partial charge in [0.05, 0.1) is 0 Å². The topological polar surface area (TPSA) is 26.3 Å². The Labute approximate surface area is 141 Å². The van der Waals surface area contributed by atoms with Crippen LogP contribution in [0.4, 0.5) is 0 Å². The molecule has 0 saturated heterocycles. The lowest BCUT2D eigenvalue weighted by molar-refractivity contribution is -0.141. The summed E-state index contributed by atoms with van der Waals surface area (Å²) in [6.45, 7) is 15.7. The molecule has 0 N–H and O–H groups in total. The molecule has 0 spiro atoms. The molecule has 23 heavy (non-hydrogen) atoms. The second-order valence-corrected chi connectivity index (χ2v) is 4.52. The van der Waals surface area contributed by atoms with Gasteiger partial charge >= 0.3 is 5.97 Å². The number of carbonyl (C=O) groups is 1. The number of fused-ring (bicyclic) bond motifs is 1. The molecule has 1 aromatic carbocycles. The highest BCUT2D eigenvalue weighted by Gasteiger charge is 2.28. The van der Waals surface area contributed by atoms with Crippen molar-refractivity contribution in [3.05, 3.63) is 65.8 Å². The lowest BCUT2D eigenvalue weighted by Crippen LogP contribution is -2.10. The minimum Gasteiger partial charge on any atom is -0.465 e. The van der Waals surface area contributed by atoms with Crippen molar-refractivity contribution in [2.75, 3.05) is 6.61 Å². The first kappa shape index (κ1) is 20.9. The van der Waals surface area contributed by atoms with E-state index in [1.165, 1.54) is 23.6 Å². The van der Waals surface area contributed by atoms with Crippen LogP contribution < -0.4 is 0 Å². The lowest BCUT2D eigenvalue weighted by atomic mass is 9.96. The smallest absolute Gasteiger partial charge is 0.302 e. The Kier molecular flexibility index (Phi) is 10.4. The van der Waals surface area contributed by atoms with Gasteiger partial charge in [-0.2, -0.15) is 0 Å². The Balaban J connectivity index is 0.00000112. The molecule has 1 aromatic rings. The van der Waals surface area contributed by atoms with Crippen molar-refractivity contribution in [2.24, 2.45) is 0 Å². The molecule has 1 atom stereocenters. The Morgan fingerprint density at radius 2 is 1.83 bits per heavy atom. The van der Waals surface area contributed by atoms with Gasteiger partial charge in [-0.25, -0.2) is 0 Å². The molecule has 0 amide bonds. The fourth-order valence-corrected chi connectivity index (χ4v) is 2.55. The maximum absolute atomic E-state index is 11.1. The van der Waals surface area contributed by atoms with Crippen molar-refractivity contribution in [1.82, 2.24) is 0 Å². The molecule has 0 aliphatic heterocycles. The third-order valence-corrected chi connectivity index (χ3v) is 3.32. The van der Waals surface area contributed by atoms with Gasteiger partial charge in [0.25, 0.3) is 0 Å². The summed E-state index contributed by atoms with van der Waals surface area (Å²) < 4.78 is 5.21. The average Bonchev–Trinajstić information content (AvgIpc) is 2.89. The number of ether oxygens (including phenoxy) is 1. The zero-order valence-corrected chi connectivity index (χ0v) is 15.3. The van der Waals surface area contributed by atoms with Crippen molar-refractivity contribution < 1.29 is 9.53 Å². The fourth-order valence-electron chi connectivity index (χ4n) is 2.55. The summed E-state index contributed by atoms with van der Waals surface area (Å²) in [4.78, 5) is 11.1. The van der Waals surface area contributed by atoms with E-state index in [4.69, 9.17) is 4.74 Å². The Hall–Kier alpha value is -2.09. The second-order valence-electron chi connectivity index (χ2n) is 4.52. The minimum atomic E-state index is -0.246. The van der Waals surface area contributed by atoms with E-state index in [9.17, 15) is 4.79 Å². The van der Waals surface area contributed by atoms with Crippen molar-refractivity contribution in [2.45, 2.75) is 47.5 Å². The van der Waals surface area contributed by atoms with Crippen molar-refractivity contribution in [1.29, 1.82) is 0 Å². The first-order chi connectivity index (χ1) is 11.2. The van der Waals surface area contributed by atoms with E-state index < -0.39 is 0 Å². The number of carbonyl (C=O) groups excluding carboxylic acids is 1. The Morgan fingerprint density at radius 3 is 2.35 bits per heavy atom. The van der Waals surface area contributed by atoms with Gasteiger partial charge in [0, 0.05) is 12.8 Å².